The van der Waals surface area contributed by atoms with E-state index < -0.39 is 17.6 Å². The molecule has 2 heterocycles. The quantitative estimate of drug-likeness (QED) is 0.240. The van der Waals surface area contributed by atoms with Gasteiger partial charge in [0.15, 0.2) is 5.13 Å². The SMILES string of the molecule is CNc1ncc(-c2cn(-c3cc(C(=O)Nc4cc(C(F)(F)F)cc(CCC(C)C)c4OC)ccc3C)nn2)s1. The van der Waals surface area contributed by atoms with Crippen molar-refractivity contribution in [3.63, 3.8) is 0 Å². The van der Waals surface area contributed by atoms with E-state index in [-0.39, 0.29) is 22.9 Å². The molecule has 1 amide bonds. The molecule has 0 spiro atoms. The Morgan fingerprint density at radius 3 is 2.62 bits per heavy atom. The summed E-state index contributed by atoms with van der Waals surface area (Å²) in [7, 11) is 3.16. The zero-order valence-corrected chi connectivity index (χ0v) is 23.0. The molecule has 0 fully saturated rings. The number of benzene rings is 2. The van der Waals surface area contributed by atoms with Crippen LogP contribution in [0.5, 0.6) is 5.75 Å². The molecule has 0 aliphatic rings. The Bertz CT molecular complexity index is 1480. The number of aromatic nitrogens is 4. The van der Waals surface area contributed by atoms with Crippen LogP contribution in [-0.4, -0.2) is 40.0 Å². The number of aryl methyl sites for hydroxylation is 2. The van der Waals surface area contributed by atoms with Gasteiger partial charge in [-0.1, -0.05) is 36.5 Å². The van der Waals surface area contributed by atoms with Crippen LogP contribution in [0.4, 0.5) is 24.0 Å². The molecule has 0 bridgehead atoms. The molecule has 0 saturated carbocycles. The van der Waals surface area contributed by atoms with Crippen molar-refractivity contribution in [3.05, 3.63) is 65.0 Å². The van der Waals surface area contributed by atoms with Crippen LogP contribution < -0.4 is 15.4 Å². The van der Waals surface area contributed by atoms with E-state index in [1.54, 1.807) is 42.3 Å². The van der Waals surface area contributed by atoms with E-state index >= 15 is 0 Å². The van der Waals surface area contributed by atoms with Crippen molar-refractivity contribution in [3.8, 4) is 22.0 Å². The van der Waals surface area contributed by atoms with E-state index in [1.165, 1.54) is 18.4 Å². The number of carbonyl (C=O) groups excluding carboxylic acids is 1. The highest BCUT2D eigenvalue weighted by Crippen LogP contribution is 2.39. The predicted octanol–water partition coefficient (Wildman–Crippen LogP) is 6.61. The Labute approximate surface area is 228 Å². The lowest BCUT2D eigenvalue weighted by Crippen LogP contribution is -2.16. The summed E-state index contributed by atoms with van der Waals surface area (Å²) in [6.07, 6.45) is -0.101. The Morgan fingerprint density at radius 1 is 1.21 bits per heavy atom. The average Bonchev–Trinajstić information content (AvgIpc) is 3.56. The number of alkyl halides is 3. The molecule has 0 radical (unpaired) electrons. The summed E-state index contributed by atoms with van der Waals surface area (Å²) in [5.41, 5.74) is 1.80. The molecule has 4 aromatic rings. The predicted molar refractivity (Wildman–Crippen MR) is 146 cm³/mol. The van der Waals surface area contributed by atoms with Gasteiger partial charge in [-0.05, 0) is 61.1 Å². The van der Waals surface area contributed by atoms with Crippen molar-refractivity contribution in [2.75, 3.05) is 24.8 Å². The van der Waals surface area contributed by atoms with E-state index in [0.717, 1.165) is 27.7 Å². The molecule has 12 heteroatoms. The maximum atomic E-state index is 13.7. The van der Waals surface area contributed by atoms with Crippen LogP contribution in [0, 0.1) is 12.8 Å². The molecule has 0 atom stereocenters. The second-order valence-electron chi connectivity index (χ2n) is 9.43. The number of anilines is 2. The number of hydrogen-bond donors (Lipinski definition) is 2. The lowest BCUT2D eigenvalue weighted by atomic mass is 9.98. The Morgan fingerprint density at radius 2 is 1.97 bits per heavy atom. The molecule has 2 N–H and O–H groups in total. The number of hydrogen-bond acceptors (Lipinski definition) is 7. The van der Waals surface area contributed by atoms with E-state index in [2.05, 4.69) is 25.9 Å². The zero-order chi connectivity index (χ0) is 28.3. The summed E-state index contributed by atoms with van der Waals surface area (Å²) in [5.74, 6) is -0.0760. The van der Waals surface area contributed by atoms with Gasteiger partial charge in [0.1, 0.15) is 11.4 Å². The first-order valence-corrected chi connectivity index (χ1v) is 13.1. The van der Waals surface area contributed by atoms with Gasteiger partial charge in [0.25, 0.3) is 5.91 Å². The van der Waals surface area contributed by atoms with Crippen molar-refractivity contribution < 1.29 is 22.7 Å². The summed E-state index contributed by atoms with van der Waals surface area (Å²) >= 11 is 1.43. The molecule has 4 rings (SSSR count). The van der Waals surface area contributed by atoms with Gasteiger partial charge < -0.3 is 15.4 Å². The van der Waals surface area contributed by atoms with E-state index in [9.17, 15) is 18.0 Å². The van der Waals surface area contributed by atoms with Gasteiger partial charge in [-0.2, -0.15) is 13.2 Å². The normalized spacial score (nSPS) is 11.6. The lowest BCUT2D eigenvalue weighted by Gasteiger charge is -2.19. The number of rotatable bonds is 9. The second kappa shape index (κ2) is 11.4. The Kier molecular flexibility index (Phi) is 8.24. The maximum absolute atomic E-state index is 13.7. The molecule has 0 saturated heterocycles. The van der Waals surface area contributed by atoms with Crippen LogP contribution in [0.15, 0.2) is 42.7 Å². The Balaban J connectivity index is 1.66. The highest BCUT2D eigenvalue weighted by atomic mass is 32.1. The lowest BCUT2D eigenvalue weighted by molar-refractivity contribution is -0.137. The van der Waals surface area contributed by atoms with Gasteiger partial charge in [0.05, 0.1) is 35.1 Å². The topological polar surface area (TPSA) is 94.0 Å². The van der Waals surface area contributed by atoms with Crippen molar-refractivity contribution in [2.45, 2.75) is 39.8 Å². The molecular formula is C27H29F3N6O2S. The first-order chi connectivity index (χ1) is 18.5. The largest absolute Gasteiger partial charge is 0.494 e. The fourth-order valence-corrected chi connectivity index (χ4v) is 4.73. The molecule has 0 aliphatic heterocycles. The summed E-state index contributed by atoms with van der Waals surface area (Å²) in [5, 5.41) is 14.8. The molecule has 2 aromatic heterocycles. The van der Waals surface area contributed by atoms with Crippen molar-refractivity contribution in [2.24, 2.45) is 5.92 Å². The second-order valence-corrected chi connectivity index (χ2v) is 10.5. The first kappa shape index (κ1) is 28.1. The number of ether oxygens (including phenoxy) is 1. The highest BCUT2D eigenvalue weighted by Gasteiger charge is 2.33. The van der Waals surface area contributed by atoms with Gasteiger partial charge in [0.2, 0.25) is 0 Å². The summed E-state index contributed by atoms with van der Waals surface area (Å²) in [6.45, 7) is 5.85. The number of halogens is 3. The fraction of sp³-hybridized carbons (Fsp3) is 0.333. The van der Waals surface area contributed by atoms with E-state index in [4.69, 9.17) is 4.74 Å². The van der Waals surface area contributed by atoms with Gasteiger partial charge in [-0.25, -0.2) is 9.67 Å². The van der Waals surface area contributed by atoms with Gasteiger partial charge in [0, 0.05) is 18.8 Å². The maximum Gasteiger partial charge on any atom is 0.416 e. The summed E-state index contributed by atoms with van der Waals surface area (Å²) in [6, 6.07) is 6.96. The number of thiazole rings is 1. The third-order valence-corrected chi connectivity index (χ3v) is 7.16. The van der Waals surface area contributed by atoms with Crippen LogP contribution in [-0.2, 0) is 12.6 Å². The third kappa shape index (κ3) is 6.39. The number of nitrogens with one attached hydrogen (secondary N) is 2. The highest BCUT2D eigenvalue weighted by molar-refractivity contribution is 7.18. The van der Waals surface area contributed by atoms with Crippen LogP contribution >= 0.6 is 11.3 Å². The zero-order valence-electron chi connectivity index (χ0n) is 22.2. The van der Waals surface area contributed by atoms with Gasteiger partial charge in [-0.3, -0.25) is 4.79 Å². The van der Waals surface area contributed by atoms with E-state index in [1.807, 2.05) is 20.8 Å². The number of methoxy groups -OCH3 is 1. The number of amides is 1. The van der Waals surface area contributed by atoms with Crippen molar-refractivity contribution in [1.29, 1.82) is 0 Å². The molecule has 2 aromatic carbocycles. The van der Waals surface area contributed by atoms with E-state index in [0.29, 0.717) is 29.8 Å². The summed E-state index contributed by atoms with van der Waals surface area (Å²) in [4.78, 5) is 18.3. The molecular weight excluding hydrogens is 529 g/mol. The van der Waals surface area contributed by atoms with Crippen LogP contribution in [0.1, 0.15) is 47.3 Å². The molecule has 8 nitrogen and oxygen atoms in total. The van der Waals surface area contributed by atoms with Crippen LogP contribution in [0.25, 0.3) is 16.3 Å². The standard InChI is InChI=1S/C27H29F3N6O2S/c1-15(2)6-8-17-10-19(27(28,29)30)12-20(24(17)38-5)33-25(37)18-9-7-16(3)22(11-18)36-14-21(34-35-36)23-13-32-26(31-4)39-23/h7,9-15H,6,8H2,1-5H3,(H,31,32)(H,33,37). The van der Waals surface area contributed by atoms with Crippen LogP contribution in [0.3, 0.4) is 0 Å². The van der Waals surface area contributed by atoms with Gasteiger partial charge >= 0.3 is 6.18 Å². The number of carbonyl (C=O) groups is 1. The minimum Gasteiger partial charge on any atom is -0.494 e. The molecule has 39 heavy (non-hydrogen) atoms. The first-order valence-electron chi connectivity index (χ1n) is 12.3. The smallest absolute Gasteiger partial charge is 0.416 e. The molecule has 206 valence electrons. The average molecular weight is 559 g/mol. The van der Waals surface area contributed by atoms with Gasteiger partial charge in [-0.15, -0.1) is 5.10 Å². The minimum atomic E-state index is -4.58. The fourth-order valence-electron chi connectivity index (χ4n) is 4.01. The van der Waals surface area contributed by atoms with Crippen LogP contribution in [0.2, 0.25) is 0 Å². The Hall–Kier alpha value is -3.93. The third-order valence-electron chi connectivity index (χ3n) is 6.12. The summed E-state index contributed by atoms with van der Waals surface area (Å²) < 4.78 is 48.1. The monoisotopic (exact) mass is 558 g/mol. The van der Waals surface area contributed by atoms with Crippen molar-refractivity contribution in [1.82, 2.24) is 20.0 Å². The minimum absolute atomic E-state index is 0.0354. The molecule has 0 unspecified atom stereocenters. The number of nitrogens with zero attached hydrogens (tertiary/aromatic N) is 4. The van der Waals surface area contributed by atoms with Crippen molar-refractivity contribution >= 4 is 28.1 Å². The molecule has 0 aliphatic carbocycles.